The first-order valence-electron chi connectivity index (χ1n) is 40.4. The highest BCUT2D eigenvalue weighted by Crippen LogP contribution is 2.45. The fraction of sp³-hybridized carbons (Fsp3) is 0.952. The Kier molecular flexibility index (Phi) is 42.7. The molecule has 0 aromatic heterocycles. The van der Waals surface area contributed by atoms with Gasteiger partial charge in [0.2, 0.25) is 0 Å². The first-order chi connectivity index (χ1) is 44.2. The molecule has 8 nitrogen and oxygen atoms in total. The lowest BCUT2D eigenvalue weighted by atomic mass is 9.80. The van der Waals surface area contributed by atoms with E-state index in [-0.39, 0.29) is 23.9 Å². The Hall–Kier alpha value is -2.12. The van der Waals surface area contributed by atoms with Gasteiger partial charge in [-0.05, 0) is 170 Å². The Morgan fingerprint density at radius 1 is 0.261 bits per heavy atom. The molecule has 0 unspecified atom stereocenters. The summed E-state index contributed by atoms with van der Waals surface area (Å²) in [4.78, 5) is 47.3. The molecule has 538 valence electrons. The Bertz CT molecular complexity index is 1780. The van der Waals surface area contributed by atoms with Crippen LogP contribution in [0.4, 0.5) is 0 Å². The lowest BCUT2D eigenvalue weighted by Gasteiger charge is -2.26. The third-order valence-electron chi connectivity index (χ3n) is 26.1. The van der Waals surface area contributed by atoms with E-state index in [2.05, 4.69) is 69.2 Å². The molecule has 92 heavy (non-hydrogen) atoms. The summed E-state index contributed by atoms with van der Waals surface area (Å²) in [5.41, 5.74) is 0. The van der Waals surface area contributed by atoms with Crippen molar-refractivity contribution in [3.05, 3.63) is 0 Å². The van der Waals surface area contributed by atoms with Crippen LogP contribution in [0.3, 0.4) is 0 Å². The van der Waals surface area contributed by atoms with Crippen molar-refractivity contribution in [1.29, 1.82) is 0 Å². The van der Waals surface area contributed by atoms with Crippen LogP contribution >= 0.6 is 0 Å². The lowest BCUT2D eigenvalue weighted by molar-refractivity contribution is -0.142. The molecule has 0 aromatic carbocycles. The Morgan fingerprint density at radius 3 is 0.717 bits per heavy atom. The third-order valence-corrected chi connectivity index (χ3v) is 26.1. The second-order valence-electron chi connectivity index (χ2n) is 34.3. The molecule has 0 N–H and O–H groups in total. The topological polar surface area (TPSA) is 105 Å². The van der Waals surface area contributed by atoms with E-state index in [0.717, 1.165) is 120 Å². The quantitative estimate of drug-likeness (QED) is 0.0438. The first-order valence-corrected chi connectivity index (χ1v) is 40.4. The minimum absolute atomic E-state index is 0.0626. The molecule has 0 heterocycles. The standard InChI is InChI=1S/C84H154O8/c1-61(23-15-29-67(7)77-49-45-73(57-77)35-17-25-63(3)53-81(85)89-11)39-41-71(33-21-31-69(9)79-51-47-75(59-79)37-19-27-65(5)55-83(87)91-13)43-44-72(34-22-32-70(10)80-52-48-76(60-80)38-20-28-66(6)56-84(88)92-14)42-40-62(2)24-16-30-68(8)78-50-46-74(58-78)36-18-26-64(4)54-82(86)90-12/h61-80H,15-60H2,1-14H3/t61-,62-,63+,64+,65+,66+,67+,68+,69+,70+,71-,72-,73-,74-,75-,76-,77-,78-,79-,80-/m0/s1. The zero-order valence-corrected chi connectivity index (χ0v) is 63.3. The van der Waals surface area contributed by atoms with Gasteiger partial charge in [0.25, 0.3) is 0 Å². The van der Waals surface area contributed by atoms with Gasteiger partial charge in [0.15, 0.2) is 0 Å². The van der Waals surface area contributed by atoms with Crippen LogP contribution in [-0.2, 0) is 38.1 Å². The Labute approximate surface area is 570 Å². The van der Waals surface area contributed by atoms with Gasteiger partial charge in [-0.25, -0.2) is 0 Å². The minimum atomic E-state index is -0.0635. The molecule has 4 fully saturated rings. The van der Waals surface area contributed by atoms with Crippen LogP contribution < -0.4 is 0 Å². The molecule has 4 aliphatic carbocycles. The molecule has 20 atom stereocenters. The van der Waals surface area contributed by atoms with Crippen LogP contribution in [0.1, 0.15) is 365 Å². The van der Waals surface area contributed by atoms with Crippen LogP contribution in [0, 0.1) is 118 Å². The zero-order chi connectivity index (χ0) is 67.2. The predicted molar refractivity (Wildman–Crippen MR) is 387 cm³/mol. The summed E-state index contributed by atoms with van der Waals surface area (Å²) in [5, 5.41) is 0. The van der Waals surface area contributed by atoms with Crippen LogP contribution in [0.5, 0.6) is 0 Å². The molecule has 0 amide bonds. The number of carbonyl (C=O) groups excluding carboxylic acids is 4. The summed E-state index contributed by atoms with van der Waals surface area (Å²) < 4.78 is 19.8. The van der Waals surface area contributed by atoms with Gasteiger partial charge >= 0.3 is 23.9 Å². The van der Waals surface area contributed by atoms with Gasteiger partial charge in [0.1, 0.15) is 0 Å². The van der Waals surface area contributed by atoms with Crippen LogP contribution in [-0.4, -0.2) is 52.3 Å². The second kappa shape index (κ2) is 47.8. The van der Waals surface area contributed by atoms with E-state index in [0.29, 0.717) is 49.4 Å². The van der Waals surface area contributed by atoms with E-state index in [1.165, 1.54) is 272 Å². The van der Waals surface area contributed by atoms with E-state index in [1.54, 1.807) is 0 Å². The van der Waals surface area contributed by atoms with Gasteiger partial charge in [-0.2, -0.15) is 0 Å². The van der Waals surface area contributed by atoms with Crippen molar-refractivity contribution in [2.45, 2.75) is 365 Å². The molecule has 0 saturated heterocycles. The predicted octanol–water partition coefficient (Wildman–Crippen LogP) is 24.2. The normalized spacial score (nSPS) is 25.7. The summed E-state index contributed by atoms with van der Waals surface area (Å²) in [7, 11) is 6.05. The second-order valence-corrected chi connectivity index (χ2v) is 34.3. The highest BCUT2D eigenvalue weighted by atomic mass is 16.5. The van der Waals surface area contributed by atoms with Gasteiger partial charge in [-0.3, -0.25) is 19.2 Å². The van der Waals surface area contributed by atoms with Crippen molar-refractivity contribution >= 4 is 23.9 Å². The SMILES string of the molecule is COC(=O)C[C@H](C)CCC[C@H]1CC[C@H]([C@H](C)CCC[C@H](C)CC[C@H](CCC[C@@H](C)[C@H]2CC[C@H](CCC[C@@H](C)CC(=O)OC)C2)CC[C@@H](CCC[C@@H](C)[C@H]2CC[C@H](CCC[C@@H](C)CC(=O)OC)C2)CC[C@@H](C)CCC[C@@H](C)[C@H]2CC[C@H](CCC[C@@H](C)CC(=O)OC)C2)C1. The lowest BCUT2D eigenvalue weighted by Crippen LogP contribution is -2.13. The van der Waals surface area contributed by atoms with Gasteiger partial charge in [0.05, 0.1) is 28.4 Å². The molecule has 4 saturated carbocycles. The summed E-state index contributed by atoms with van der Waals surface area (Å²) in [6.07, 6.45) is 59.6. The zero-order valence-electron chi connectivity index (χ0n) is 63.3. The number of rotatable bonds is 53. The highest BCUT2D eigenvalue weighted by Gasteiger charge is 2.33. The van der Waals surface area contributed by atoms with Crippen LogP contribution in [0.25, 0.3) is 0 Å². The van der Waals surface area contributed by atoms with Crippen molar-refractivity contribution in [2.24, 2.45) is 118 Å². The molecule has 0 spiro atoms. The number of hydrogen-bond donors (Lipinski definition) is 0. The van der Waals surface area contributed by atoms with Gasteiger partial charge in [0, 0.05) is 25.7 Å². The van der Waals surface area contributed by atoms with E-state index in [9.17, 15) is 19.2 Å². The first kappa shape index (κ1) is 82.3. The molecule has 0 aliphatic heterocycles. The van der Waals surface area contributed by atoms with Gasteiger partial charge in [-0.1, -0.05) is 288 Å². The average molecular weight is 1290 g/mol. The number of hydrogen-bond acceptors (Lipinski definition) is 8. The maximum atomic E-state index is 11.9. The van der Waals surface area contributed by atoms with E-state index >= 15 is 0 Å². The molecule has 4 rings (SSSR count). The number of ether oxygens (including phenoxy) is 4. The third kappa shape index (κ3) is 35.4. The summed E-state index contributed by atoms with van der Waals surface area (Å²) in [6, 6.07) is 0. The fourth-order valence-electron chi connectivity index (χ4n) is 19.1. The maximum Gasteiger partial charge on any atom is 0.305 e. The monoisotopic (exact) mass is 1290 g/mol. The van der Waals surface area contributed by atoms with Crippen molar-refractivity contribution in [1.82, 2.24) is 0 Å². The smallest absolute Gasteiger partial charge is 0.305 e. The van der Waals surface area contributed by atoms with Gasteiger partial charge < -0.3 is 18.9 Å². The summed E-state index contributed by atoms with van der Waals surface area (Å²) in [6.45, 7) is 24.4. The molecule has 0 bridgehead atoms. The van der Waals surface area contributed by atoms with Crippen LogP contribution in [0.15, 0.2) is 0 Å². The van der Waals surface area contributed by atoms with E-state index in [1.807, 2.05) is 0 Å². The molecule has 0 aromatic rings. The molecule has 0 radical (unpaired) electrons. The molecule has 4 aliphatic rings. The van der Waals surface area contributed by atoms with Crippen molar-refractivity contribution < 1.29 is 38.1 Å². The largest absolute Gasteiger partial charge is 0.469 e. The summed E-state index contributed by atoms with van der Waals surface area (Å²) in [5.74, 6) is 15.2. The maximum absolute atomic E-state index is 11.9. The average Bonchev–Trinajstić information content (AvgIpc) is 2.42. The summed E-state index contributed by atoms with van der Waals surface area (Å²) >= 11 is 0. The number of carbonyl (C=O) groups is 4. The Balaban J connectivity index is 1.33. The van der Waals surface area contributed by atoms with E-state index < -0.39 is 0 Å². The van der Waals surface area contributed by atoms with Crippen molar-refractivity contribution in [3.63, 3.8) is 0 Å². The number of methoxy groups -OCH3 is 4. The minimum Gasteiger partial charge on any atom is -0.469 e. The molecular formula is C84H154O8. The highest BCUT2D eigenvalue weighted by molar-refractivity contribution is 5.70. The van der Waals surface area contributed by atoms with Crippen molar-refractivity contribution in [3.8, 4) is 0 Å². The fourth-order valence-corrected chi connectivity index (χ4v) is 19.1. The molecule has 8 heteroatoms. The van der Waals surface area contributed by atoms with Gasteiger partial charge in [-0.15, -0.1) is 0 Å². The number of esters is 4. The van der Waals surface area contributed by atoms with Crippen molar-refractivity contribution in [2.75, 3.05) is 28.4 Å². The Morgan fingerprint density at radius 2 is 0.478 bits per heavy atom. The molecular weight excluding hydrogens is 1140 g/mol. The van der Waals surface area contributed by atoms with Crippen LogP contribution in [0.2, 0.25) is 0 Å². The van der Waals surface area contributed by atoms with E-state index in [4.69, 9.17) is 18.9 Å².